The van der Waals surface area contributed by atoms with Crippen molar-refractivity contribution in [3.63, 3.8) is 0 Å². The lowest BCUT2D eigenvalue weighted by molar-refractivity contribution is 0.662. The SMILES string of the molecule is C1=CC2C=CC(c3nc(-c4ccc(-c5ccc6ccccc6c5)cc4)nc(-c4cc(-c5cccc6sc7ccccc7c56)cc5oc6ccccc6c45)n3)=CC2C=C1. The third-order valence-electron chi connectivity index (χ3n) is 11.6. The van der Waals surface area contributed by atoms with Gasteiger partial charge in [0.05, 0.1) is 0 Å². The zero-order valence-electron chi connectivity index (χ0n) is 31.2. The van der Waals surface area contributed by atoms with E-state index >= 15 is 0 Å². The molecule has 0 saturated carbocycles. The van der Waals surface area contributed by atoms with Gasteiger partial charge in [0.25, 0.3) is 0 Å². The molecule has 12 rings (SSSR count). The highest BCUT2D eigenvalue weighted by molar-refractivity contribution is 7.25. The predicted octanol–water partition coefficient (Wildman–Crippen LogP) is 14.3. The Morgan fingerprint density at radius 2 is 1.17 bits per heavy atom. The second-order valence-electron chi connectivity index (χ2n) is 15.1. The molecule has 7 aromatic carbocycles. The van der Waals surface area contributed by atoms with Crippen molar-refractivity contribution >= 4 is 69.8 Å². The monoisotopic (exact) mass is 759 g/mol. The molecule has 5 heteroatoms. The molecule has 10 aromatic rings. The zero-order chi connectivity index (χ0) is 38.2. The quantitative estimate of drug-likeness (QED) is 0.175. The van der Waals surface area contributed by atoms with Gasteiger partial charge in [0, 0.05) is 59.5 Å². The zero-order valence-corrected chi connectivity index (χ0v) is 32.0. The molecular formula is C53H33N3OS. The van der Waals surface area contributed by atoms with Gasteiger partial charge in [-0.2, -0.15) is 0 Å². The molecule has 3 aromatic heterocycles. The Hall–Kier alpha value is -7.21. The van der Waals surface area contributed by atoms with Gasteiger partial charge in [-0.1, -0.05) is 152 Å². The van der Waals surface area contributed by atoms with Crippen LogP contribution in [0.5, 0.6) is 0 Å². The van der Waals surface area contributed by atoms with Crippen molar-refractivity contribution in [2.75, 3.05) is 0 Å². The smallest absolute Gasteiger partial charge is 0.164 e. The fourth-order valence-electron chi connectivity index (χ4n) is 8.76. The van der Waals surface area contributed by atoms with E-state index < -0.39 is 0 Å². The van der Waals surface area contributed by atoms with E-state index in [-0.39, 0.29) is 5.92 Å². The van der Waals surface area contributed by atoms with E-state index in [1.807, 2.05) is 23.5 Å². The summed E-state index contributed by atoms with van der Waals surface area (Å²) in [5.41, 5.74) is 8.96. The Balaban J connectivity index is 1.07. The average molecular weight is 760 g/mol. The minimum Gasteiger partial charge on any atom is -0.456 e. The molecule has 2 aliphatic rings. The molecule has 0 aliphatic heterocycles. The van der Waals surface area contributed by atoms with Crippen LogP contribution in [-0.2, 0) is 0 Å². The minimum absolute atomic E-state index is 0.240. The van der Waals surface area contributed by atoms with E-state index in [2.05, 4.69) is 176 Å². The van der Waals surface area contributed by atoms with Crippen LogP contribution in [0.25, 0.3) is 103 Å². The largest absolute Gasteiger partial charge is 0.456 e. The van der Waals surface area contributed by atoms with Crippen LogP contribution >= 0.6 is 11.3 Å². The Bertz CT molecular complexity index is 3420. The molecule has 0 bridgehead atoms. The van der Waals surface area contributed by atoms with E-state index in [0.717, 1.165) is 55.3 Å². The van der Waals surface area contributed by atoms with E-state index in [9.17, 15) is 0 Å². The molecule has 4 nitrogen and oxygen atoms in total. The lowest BCUT2D eigenvalue weighted by Gasteiger charge is -2.22. The average Bonchev–Trinajstić information content (AvgIpc) is 3.87. The standard InChI is InChI=1S/C53H33N3OS/c1-3-12-36-28-38(26-22-32(36)10-1)34-20-24-35(25-21-34)51-54-52(39-27-23-33-11-2-4-13-37(33)29-39)56-53(55-51)44-30-40(31-46-49(44)42-14-5-7-17-45(42)57-46)41-16-9-19-48-50(41)43-15-6-8-18-47(43)58-48/h1-31,33,37H. The molecule has 0 saturated heterocycles. The number of nitrogens with zero attached hydrogens (tertiary/aromatic N) is 3. The lowest BCUT2D eigenvalue weighted by Crippen LogP contribution is -2.12. The lowest BCUT2D eigenvalue weighted by atomic mass is 9.83. The summed E-state index contributed by atoms with van der Waals surface area (Å²) in [6.07, 6.45) is 15.5. The summed E-state index contributed by atoms with van der Waals surface area (Å²) in [5, 5.41) is 6.97. The number of rotatable bonds is 5. The summed E-state index contributed by atoms with van der Waals surface area (Å²) in [7, 11) is 0. The highest BCUT2D eigenvalue weighted by atomic mass is 32.1. The molecule has 2 aliphatic carbocycles. The molecule has 0 N–H and O–H groups in total. The van der Waals surface area contributed by atoms with Gasteiger partial charge in [0.15, 0.2) is 17.5 Å². The van der Waals surface area contributed by atoms with Crippen LogP contribution in [0.1, 0.15) is 5.82 Å². The predicted molar refractivity (Wildman–Crippen MR) is 242 cm³/mol. The maximum Gasteiger partial charge on any atom is 0.164 e. The van der Waals surface area contributed by atoms with Crippen molar-refractivity contribution in [1.29, 1.82) is 0 Å². The van der Waals surface area contributed by atoms with Crippen molar-refractivity contribution < 1.29 is 4.42 Å². The van der Waals surface area contributed by atoms with E-state index in [0.29, 0.717) is 23.4 Å². The van der Waals surface area contributed by atoms with Crippen molar-refractivity contribution in [1.82, 2.24) is 15.0 Å². The third-order valence-corrected chi connectivity index (χ3v) is 12.8. The van der Waals surface area contributed by atoms with Gasteiger partial charge in [-0.3, -0.25) is 0 Å². The van der Waals surface area contributed by atoms with Gasteiger partial charge >= 0.3 is 0 Å². The fraction of sp³-hybridized carbons (Fsp3) is 0.0377. The van der Waals surface area contributed by atoms with Gasteiger partial charge in [-0.05, 0) is 69.4 Å². The highest BCUT2D eigenvalue weighted by Crippen LogP contribution is 2.44. The summed E-state index contributed by atoms with van der Waals surface area (Å²) < 4.78 is 9.18. The van der Waals surface area contributed by atoms with Crippen LogP contribution in [0.15, 0.2) is 193 Å². The Morgan fingerprint density at radius 3 is 2.09 bits per heavy atom. The molecule has 2 unspecified atom stereocenters. The van der Waals surface area contributed by atoms with Crippen molar-refractivity contribution in [3.05, 3.63) is 194 Å². The van der Waals surface area contributed by atoms with Gasteiger partial charge in [0.1, 0.15) is 11.2 Å². The van der Waals surface area contributed by atoms with Crippen LogP contribution < -0.4 is 0 Å². The van der Waals surface area contributed by atoms with E-state index in [1.165, 1.54) is 36.5 Å². The normalized spacial score (nSPS) is 16.2. The molecule has 0 amide bonds. The Labute approximate surface area is 338 Å². The number of hydrogen-bond donors (Lipinski definition) is 0. The number of furan rings is 1. The summed E-state index contributed by atoms with van der Waals surface area (Å²) in [4.78, 5) is 15.9. The maximum absolute atomic E-state index is 6.66. The van der Waals surface area contributed by atoms with Crippen molar-refractivity contribution in [2.45, 2.75) is 0 Å². The highest BCUT2D eigenvalue weighted by Gasteiger charge is 2.24. The van der Waals surface area contributed by atoms with E-state index in [4.69, 9.17) is 19.4 Å². The third kappa shape index (κ3) is 5.47. The van der Waals surface area contributed by atoms with Crippen molar-refractivity contribution in [2.24, 2.45) is 11.8 Å². The number of benzene rings is 7. The van der Waals surface area contributed by atoms with Gasteiger partial charge in [-0.25, -0.2) is 15.0 Å². The van der Waals surface area contributed by atoms with E-state index in [1.54, 1.807) is 0 Å². The topological polar surface area (TPSA) is 51.8 Å². The fourth-order valence-corrected chi connectivity index (χ4v) is 9.90. The molecule has 0 fully saturated rings. The molecule has 3 heterocycles. The molecule has 0 radical (unpaired) electrons. The van der Waals surface area contributed by atoms with Gasteiger partial charge in [0.2, 0.25) is 0 Å². The second kappa shape index (κ2) is 13.2. The summed E-state index contributed by atoms with van der Waals surface area (Å²) in [5.74, 6) is 2.44. The van der Waals surface area contributed by atoms with Crippen LogP contribution in [0.4, 0.5) is 0 Å². The maximum atomic E-state index is 6.66. The summed E-state index contributed by atoms with van der Waals surface area (Å²) in [6, 6.07) is 51.6. The van der Waals surface area contributed by atoms with Crippen LogP contribution in [-0.4, -0.2) is 15.0 Å². The van der Waals surface area contributed by atoms with Crippen LogP contribution in [0, 0.1) is 11.8 Å². The Kier molecular flexibility index (Phi) is 7.50. The molecule has 58 heavy (non-hydrogen) atoms. The van der Waals surface area contributed by atoms with Crippen LogP contribution in [0.3, 0.4) is 0 Å². The number of para-hydroxylation sites is 1. The second-order valence-corrected chi connectivity index (χ2v) is 16.2. The molecule has 272 valence electrons. The number of aromatic nitrogens is 3. The Morgan fingerprint density at radius 1 is 0.448 bits per heavy atom. The number of hydrogen-bond acceptors (Lipinski definition) is 5. The molecule has 0 spiro atoms. The first-order valence-electron chi connectivity index (χ1n) is 19.7. The van der Waals surface area contributed by atoms with Crippen LogP contribution in [0.2, 0.25) is 0 Å². The number of allylic oxidation sites excluding steroid dienone is 8. The summed E-state index contributed by atoms with van der Waals surface area (Å²) in [6.45, 7) is 0. The number of fused-ring (bicyclic) bond motifs is 8. The first-order valence-corrected chi connectivity index (χ1v) is 20.5. The molecular weight excluding hydrogens is 727 g/mol. The molecule has 2 atom stereocenters. The first kappa shape index (κ1) is 33.0. The minimum atomic E-state index is 0.240. The number of thiophene rings is 1. The summed E-state index contributed by atoms with van der Waals surface area (Å²) >= 11 is 1.83. The van der Waals surface area contributed by atoms with Gasteiger partial charge in [-0.15, -0.1) is 11.3 Å². The first-order chi connectivity index (χ1) is 28.7. The van der Waals surface area contributed by atoms with Gasteiger partial charge < -0.3 is 4.42 Å². The van der Waals surface area contributed by atoms with Crippen molar-refractivity contribution in [3.8, 4) is 45.0 Å².